The summed E-state index contributed by atoms with van der Waals surface area (Å²) in [5, 5.41) is 14.7. The molecule has 2 aliphatic carbocycles. The zero-order valence-electron chi connectivity index (χ0n) is 11.6. The average molecular weight is 313 g/mol. The summed E-state index contributed by atoms with van der Waals surface area (Å²) >= 11 is 1.39. The highest BCUT2D eigenvalue weighted by atomic mass is 32.1. The van der Waals surface area contributed by atoms with Crippen LogP contribution in [0, 0.1) is 23.7 Å². The van der Waals surface area contributed by atoms with E-state index in [1.807, 2.05) is 36.4 Å². The van der Waals surface area contributed by atoms with Crippen molar-refractivity contribution in [2.75, 3.05) is 5.32 Å². The van der Waals surface area contributed by atoms with Gasteiger partial charge in [0.25, 0.3) is 0 Å². The first-order chi connectivity index (χ1) is 10.6. The van der Waals surface area contributed by atoms with Gasteiger partial charge in [-0.05, 0) is 30.4 Å². The lowest BCUT2D eigenvalue weighted by molar-refractivity contribution is -0.313. The lowest BCUT2D eigenvalue weighted by Crippen LogP contribution is -2.42. The summed E-state index contributed by atoms with van der Waals surface area (Å²) in [5.41, 5.74) is 0.826. The third-order valence-electron chi connectivity index (χ3n) is 4.56. The van der Waals surface area contributed by atoms with Crippen LogP contribution in [-0.2, 0) is 9.59 Å². The van der Waals surface area contributed by atoms with Gasteiger partial charge in [0.15, 0.2) is 5.13 Å². The smallest absolute Gasteiger partial charge is 0.230 e. The Bertz CT molecular complexity index is 765. The first-order valence-corrected chi connectivity index (χ1v) is 8.01. The largest absolute Gasteiger partial charge is 0.550 e. The molecule has 2 bridgehead atoms. The number of benzene rings is 1. The van der Waals surface area contributed by atoms with E-state index in [0.29, 0.717) is 5.13 Å². The topological polar surface area (TPSA) is 82.1 Å². The minimum Gasteiger partial charge on any atom is -0.550 e. The number of amides is 1. The number of fused-ring (bicyclic) bond motifs is 3. The molecule has 22 heavy (non-hydrogen) atoms. The van der Waals surface area contributed by atoms with E-state index in [-0.39, 0.29) is 17.7 Å². The monoisotopic (exact) mass is 313 g/mol. The SMILES string of the molecule is O=C([O-])[C@@H]1[C@@H](C(=O)Nc2nc3ccccc3s2)[C@H]2C=C[C@H]1C2. The molecule has 4 atom stereocenters. The maximum Gasteiger partial charge on any atom is 0.230 e. The molecule has 0 spiro atoms. The molecule has 112 valence electrons. The maximum absolute atomic E-state index is 12.5. The van der Waals surface area contributed by atoms with E-state index in [1.54, 1.807) is 0 Å². The highest BCUT2D eigenvalue weighted by molar-refractivity contribution is 7.22. The second kappa shape index (κ2) is 4.91. The highest BCUT2D eigenvalue weighted by Gasteiger charge is 2.48. The molecule has 5 nitrogen and oxygen atoms in total. The quantitative estimate of drug-likeness (QED) is 0.869. The van der Waals surface area contributed by atoms with Gasteiger partial charge in [0, 0.05) is 11.9 Å². The van der Waals surface area contributed by atoms with Gasteiger partial charge in [-0.15, -0.1) is 0 Å². The lowest BCUT2D eigenvalue weighted by atomic mass is 9.82. The molecular weight excluding hydrogens is 300 g/mol. The van der Waals surface area contributed by atoms with Crippen LogP contribution in [0.2, 0.25) is 0 Å². The Kier molecular flexibility index (Phi) is 3.00. The van der Waals surface area contributed by atoms with E-state index in [2.05, 4.69) is 10.3 Å². The number of carbonyl (C=O) groups excluding carboxylic acids is 2. The number of thiazole rings is 1. The third kappa shape index (κ3) is 2.02. The first kappa shape index (κ1) is 13.5. The number of hydrogen-bond acceptors (Lipinski definition) is 5. The number of aliphatic carboxylic acids is 1. The normalized spacial score (nSPS) is 29.1. The fraction of sp³-hybridized carbons (Fsp3) is 0.312. The molecule has 0 radical (unpaired) electrons. The molecule has 1 aromatic heterocycles. The Morgan fingerprint density at radius 3 is 2.64 bits per heavy atom. The van der Waals surface area contributed by atoms with Crippen molar-refractivity contribution in [2.45, 2.75) is 6.42 Å². The number of hydrogen-bond donors (Lipinski definition) is 1. The molecule has 1 heterocycles. The second-order valence-electron chi connectivity index (χ2n) is 5.79. The lowest BCUT2D eigenvalue weighted by Gasteiger charge is -2.27. The van der Waals surface area contributed by atoms with Crippen LogP contribution < -0.4 is 10.4 Å². The summed E-state index contributed by atoms with van der Waals surface area (Å²) in [6.07, 6.45) is 4.57. The molecule has 1 saturated carbocycles. The van der Waals surface area contributed by atoms with Gasteiger partial charge in [0.05, 0.1) is 16.1 Å². The van der Waals surface area contributed by atoms with Crippen molar-refractivity contribution in [3.63, 3.8) is 0 Å². The summed E-state index contributed by atoms with van der Waals surface area (Å²) in [6, 6.07) is 7.62. The number of anilines is 1. The van der Waals surface area contributed by atoms with Gasteiger partial charge in [-0.1, -0.05) is 35.6 Å². The minimum absolute atomic E-state index is 0.0118. The molecule has 2 aromatic rings. The second-order valence-corrected chi connectivity index (χ2v) is 6.83. The number of carboxylic acids is 1. The summed E-state index contributed by atoms with van der Waals surface area (Å²) in [4.78, 5) is 28.2. The van der Waals surface area contributed by atoms with Gasteiger partial charge in [-0.25, -0.2) is 4.98 Å². The Balaban J connectivity index is 1.59. The van der Waals surface area contributed by atoms with E-state index >= 15 is 0 Å². The summed E-state index contributed by atoms with van der Waals surface area (Å²) in [6.45, 7) is 0. The zero-order valence-corrected chi connectivity index (χ0v) is 12.4. The van der Waals surface area contributed by atoms with Gasteiger partial charge < -0.3 is 15.2 Å². The van der Waals surface area contributed by atoms with Gasteiger partial charge in [-0.3, -0.25) is 4.79 Å². The van der Waals surface area contributed by atoms with E-state index in [1.165, 1.54) is 11.3 Å². The van der Waals surface area contributed by atoms with Gasteiger partial charge >= 0.3 is 0 Å². The first-order valence-electron chi connectivity index (χ1n) is 7.19. The van der Waals surface area contributed by atoms with Crippen LogP contribution in [0.15, 0.2) is 36.4 Å². The molecule has 4 rings (SSSR count). The number of nitrogens with zero attached hydrogens (tertiary/aromatic N) is 1. The van der Waals surface area contributed by atoms with Crippen molar-refractivity contribution in [3.05, 3.63) is 36.4 Å². The van der Waals surface area contributed by atoms with Crippen LogP contribution in [0.3, 0.4) is 0 Å². The van der Waals surface area contributed by atoms with E-state index in [4.69, 9.17) is 0 Å². The highest BCUT2D eigenvalue weighted by Crippen LogP contribution is 2.48. The maximum atomic E-state index is 12.5. The van der Waals surface area contributed by atoms with Gasteiger partial charge in [0.1, 0.15) is 0 Å². The number of nitrogens with one attached hydrogen (secondary N) is 1. The van der Waals surface area contributed by atoms with Crippen LogP contribution in [0.25, 0.3) is 10.2 Å². The predicted molar refractivity (Wildman–Crippen MR) is 81.0 cm³/mol. The molecule has 1 fully saturated rings. The van der Waals surface area contributed by atoms with Gasteiger partial charge in [-0.2, -0.15) is 0 Å². The number of carbonyl (C=O) groups is 2. The number of para-hydroxylation sites is 1. The Morgan fingerprint density at radius 2 is 1.91 bits per heavy atom. The summed E-state index contributed by atoms with van der Waals surface area (Å²) in [7, 11) is 0. The molecular formula is C16H13N2O3S-. The van der Waals surface area contributed by atoms with Crippen molar-refractivity contribution >= 4 is 38.6 Å². The minimum atomic E-state index is -1.14. The standard InChI is InChI=1S/C16H14N2O3S/c19-14(12-8-5-6-9(7-8)13(12)15(20)21)18-16-17-10-3-1-2-4-11(10)22-16/h1-6,8-9,12-13H,7H2,(H,20,21)(H,17,18,19)/p-1/t8-,9-,12-,13-/m0/s1. The van der Waals surface area contributed by atoms with Crippen molar-refractivity contribution in [1.82, 2.24) is 4.98 Å². The summed E-state index contributed by atoms with van der Waals surface area (Å²) in [5.74, 6) is -2.80. The van der Waals surface area contributed by atoms with Crippen LogP contribution >= 0.6 is 11.3 Å². The van der Waals surface area contributed by atoms with E-state index in [9.17, 15) is 14.7 Å². The molecule has 0 saturated heterocycles. The van der Waals surface area contributed by atoms with E-state index in [0.717, 1.165) is 16.6 Å². The Labute approximate surface area is 130 Å². The van der Waals surface area contributed by atoms with Crippen molar-refractivity contribution in [1.29, 1.82) is 0 Å². The fourth-order valence-corrected chi connectivity index (χ4v) is 4.48. The Morgan fingerprint density at radius 1 is 1.18 bits per heavy atom. The third-order valence-corrected chi connectivity index (χ3v) is 5.51. The molecule has 6 heteroatoms. The Hall–Kier alpha value is -2.21. The molecule has 1 aromatic carbocycles. The number of carboxylic acid groups (broad SMARTS) is 1. The summed E-state index contributed by atoms with van der Waals surface area (Å²) < 4.78 is 0.988. The van der Waals surface area contributed by atoms with E-state index < -0.39 is 17.8 Å². The van der Waals surface area contributed by atoms with Crippen molar-refractivity contribution < 1.29 is 14.7 Å². The molecule has 1 amide bonds. The zero-order chi connectivity index (χ0) is 15.3. The molecule has 0 aliphatic heterocycles. The van der Waals surface area contributed by atoms with Crippen LogP contribution in [0.4, 0.5) is 5.13 Å². The predicted octanol–water partition coefficient (Wildman–Crippen LogP) is 1.42. The number of allylic oxidation sites excluding steroid dienone is 2. The molecule has 2 aliphatic rings. The molecule has 0 unspecified atom stereocenters. The van der Waals surface area contributed by atoms with Gasteiger partial charge in [0.2, 0.25) is 5.91 Å². The van der Waals surface area contributed by atoms with Crippen molar-refractivity contribution in [3.8, 4) is 0 Å². The molecule has 1 N–H and O–H groups in total. The van der Waals surface area contributed by atoms with Crippen LogP contribution in [0.5, 0.6) is 0 Å². The van der Waals surface area contributed by atoms with Crippen LogP contribution in [-0.4, -0.2) is 16.9 Å². The fourth-order valence-electron chi connectivity index (χ4n) is 3.62. The van der Waals surface area contributed by atoms with Crippen LogP contribution in [0.1, 0.15) is 6.42 Å². The average Bonchev–Trinajstić information content (AvgIpc) is 3.19. The number of rotatable bonds is 3. The van der Waals surface area contributed by atoms with Crippen molar-refractivity contribution in [2.24, 2.45) is 23.7 Å². The number of aromatic nitrogens is 1.